The number of methoxy groups -OCH3 is 1. The molecule has 150 valence electrons. The van der Waals surface area contributed by atoms with Crippen molar-refractivity contribution in [3.63, 3.8) is 0 Å². The van der Waals surface area contributed by atoms with Gasteiger partial charge in [0.25, 0.3) is 0 Å². The van der Waals surface area contributed by atoms with Crippen LogP contribution >= 0.6 is 0 Å². The van der Waals surface area contributed by atoms with Crippen molar-refractivity contribution in [3.8, 4) is 17.1 Å². The normalized spacial score (nSPS) is 16.5. The quantitative estimate of drug-likeness (QED) is 0.690. The van der Waals surface area contributed by atoms with E-state index in [9.17, 15) is 4.79 Å². The highest BCUT2D eigenvalue weighted by molar-refractivity contribution is 5.81. The van der Waals surface area contributed by atoms with Gasteiger partial charge in [-0.1, -0.05) is 11.2 Å². The fourth-order valence-electron chi connectivity index (χ4n) is 3.16. The number of aromatic nitrogens is 2. The van der Waals surface area contributed by atoms with Crippen LogP contribution in [0.25, 0.3) is 11.4 Å². The van der Waals surface area contributed by atoms with Crippen molar-refractivity contribution in [1.29, 1.82) is 0 Å². The van der Waals surface area contributed by atoms with E-state index in [-0.39, 0.29) is 11.9 Å². The van der Waals surface area contributed by atoms with Gasteiger partial charge in [0.15, 0.2) is 0 Å². The smallest absolute Gasteiger partial charge is 0.241 e. The Kier molecular flexibility index (Phi) is 6.78. The summed E-state index contributed by atoms with van der Waals surface area (Å²) in [4.78, 5) is 21.0. The molecule has 1 saturated heterocycles. The Morgan fingerprint density at radius 2 is 2.04 bits per heavy atom. The van der Waals surface area contributed by atoms with Gasteiger partial charge in [-0.15, -0.1) is 6.58 Å². The van der Waals surface area contributed by atoms with Gasteiger partial charge >= 0.3 is 0 Å². The van der Waals surface area contributed by atoms with E-state index in [2.05, 4.69) is 31.8 Å². The molecule has 0 radical (unpaired) electrons. The zero-order chi connectivity index (χ0) is 19.9. The van der Waals surface area contributed by atoms with Gasteiger partial charge in [0.05, 0.1) is 19.7 Å². The number of rotatable bonds is 8. The van der Waals surface area contributed by atoms with Crippen LogP contribution in [0.5, 0.6) is 5.75 Å². The average molecular weight is 385 g/mol. The number of amides is 1. The summed E-state index contributed by atoms with van der Waals surface area (Å²) in [6, 6.07) is 7.41. The topological polar surface area (TPSA) is 83.7 Å². The van der Waals surface area contributed by atoms with Crippen molar-refractivity contribution in [2.75, 3.05) is 39.8 Å². The Bertz CT molecular complexity index is 781. The molecule has 1 fully saturated rings. The lowest BCUT2D eigenvalue weighted by molar-refractivity contribution is -0.126. The molecule has 0 aliphatic carbocycles. The van der Waals surface area contributed by atoms with Crippen molar-refractivity contribution in [1.82, 2.24) is 25.3 Å². The van der Waals surface area contributed by atoms with Gasteiger partial charge in [0, 0.05) is 38.3 Å². The molecule has 1 aliphatic rings. The molecule has 1 aromatic heterocycles. The summed E-state index contributed by atoms with van der Waals surface area (Å²) in [6.45, 7) is 10.00. The predicted octanol–water partition coefficient (Wildman–Crippen LogP) is 1.55. The maximum Gasteiger partial charge on any atom is 0.241 e. The van der Waals surface area contributed by atoms with Crippen LogP contribution in [-0.2, 0) is 11.3 Å². The second kappa shape index (κ2) is 9.48. The first kappa shape index (κ1) is 20.0. The van der Waals surface area contributed by atoms with Crippen LogP contribution in [-0.4, -0.2) is 71.7 Å². The summed E-state index contributed by atoms with van der Waals surface area (Å²) >= 11 is 0. The molecule has 1 amide bonds. The van der Waals surface area contributed by atoms with Gasteiger partial charge < -0.3 is 14.6 Å². The van der Waals surface area contributed by atoms with Crippen molar-refractivity contribution in [3.05, 3.63) is 42.8 Å². The Morgan fingerprint density at radius 1 is 1.32 bits per heavy atom. The lowest BCUT2D eigenvalue weighted by Crippen LogP contribution is -2.53. The maximum absolute atomic E-state index is 12.1. The number of benzene rings is 1. The first-order chi connectivity index (χ1) is 13.6. The molecule has 28 heavy (non-hydrogen) atoms. The van der Waals surface area contributed by atoms with E-state index in [1.807, 2.05) is 31.2 Å². The van der Waals surface area contributed by atoms with E-state index >= 15 is 0 Å². The van der Waals surface area contributed by atoms with Crippen LogP contribution in [0.15, 0.2) is 41.4 Å². The average Bonchev–Trinajstić information content (AvgIpc) is 3.20. The summed E-state index contributed by atoms with van der Waals surface area (Å²) in [5.74, 6) is 1.99. The molecule has 0 saturated carbocycles. The largest absolute Gasteiger partial charge is 0.497 e. The van der Waals surface area contributed by atoms with Crippen molar-refractivity contribution in [2.24, 2.45) is 0 Å². The lowest BCUT2D eigenvalue weighted by atomic mass is 10.2. The number of carbonyl (C=O) groups is 1. The maximum atomic E-state index is 12.1. The molecule has 0 spiro atoms. The monoisotopic (exact) mass is 385 g/mol. The Morgan fingerprint density at radius 3 is 2.68 bits per heavy atom. The highest BCUT2D eigenvalue weighted by Gasteiger charge is 2.26. The number of nitrogens with zero attached hydrogens (tertiary/aromatic N) is 4. The van der Waals surface area contributed by atoms with Gasteiger partial charge in [-0.25, -0.2) is 0 Å². The predicted molar refractivity (Wildman–Crippen MR) is 106 cm³/mol. The van der Waals surface area contributed by atoms with E-state index in [0.29, 0.717) is 24.8 Å². The van der Waals surface area contributed by atoms with Crippen molar-refractivity contribution in [2.45, 2.75) is 19.5 Å². The van der Waals surface area contributed by atoms with E-state index in [1.54, 1.807) is 13.2 Å². The molecule has 1 aliphatic heterocycles. The number of carbonyl (C=O) groups excluding carboxylic acids is 1. The lowest BCUT2D eigenvalue weighted by Gasteiger charge is -2.36. The molecule has 1 aromatic carbocycles. The molecule has 2 heterocycles. The first-order valence-corrected chi connectivity index (χ1v) is 9.42. The Balaban J connectivity index is 1.50. The molecular formula is C20H27N5O3. The summed E-state index contributed by atoms with van der Waals surface area (Å²) in [5.41, 5.74) is 0.889. The van der Waals surface area contributed by atoms with E-state index in [1.165, 1.54) is 0 Å². The van der Waals surface area contributed by atoms with Crippen LogP contribution in [0.3, 0.4) is 0 Å². The van der Waals surface area contributed by atoms with Crippen molar-refractivity contribution >= 4 is 5.91 Å². The fraction of sp³-hybridized carbons (Fsp3) is 0.450. The van der Waals surface area contributed by atoms with Gasteiger partial charge in [-0.05, 0) is 31.2 Å². The molecule has 3 rings (SSSR count). The van der Waals surface area contributed by atoms with Crippen LogP contribution in [0, 0.1) is 0 Å². The van der Waals surface area contributed by atoms with Gasteiger partial charge in [0.2, 0.25) is 17.6 Å². The Labute approximate surface area is 165 Å². The van der Waals surface area contributed by atoms with Gasteiger partial charge in [-0.3, -0.25) is 14.6 Å². The number of hydrogen-bond acceptors (Lipinski definition) is 7. The highest BCUT2D eigenvalue weighted by atomic mass is 16.5. The van der Waals surface area contributed by atoms with E-state index < -0.39 is 0 Å². The summed E-state index contributed by atoms with van der Waals surface area (Å²) in [7, 11) is 1.63. The number of nitrogens with one attached hydrogen (secondary N) is 1. The van der Waals surface area contributed by atoms with Gasteiger partial charge in [0.1, 0.15) is 5.75 Å². The summed E-state index contributed by atoms with van der Waals surface area (Å²) in [6.07, 6.45) is 1.69. The fourth-order valence-corrected chi connectivity index (χ4v) is 3.16. The van der Waals surface area contributed by atoms with Crippen molar-refractivity contribution < 1.29 is 14.1 Å². The minimum Gasteiger partial charge on any atom is -0.497 e. The molecule has 0 bridgehead atoms. The molecule has 1 atom stereocenters. The van der Waals surface area contributed by atoms with E-state index in [4.69, 9.17) is 9.26 Å². The second-order valence-corrected chi connectivity index (χ2v) is 6.76. The molecular weight excluding hydrogens is 358 g/mol. The minimum atomic E-state index is -0.146. The highest BCUT2D eigenvalue weighted by Crippen LogP contribution is 2.20. The summed E-state index contributed by atoms with van der Waals surface area (Å²) in [5, 5.41) is 6.93. The third kappa shape index (κ3) is 4.96. The third-order valence-corrected chi connectivity index (χ3v) is 4.93. The molecule has 8 nitrogen and oxygen atoms in total. The van der Waals surface area contributed by atoms with Gasteiger partial charge in [-0.2, -0.15) is 4.98 Å². The van der Waals surface area contributed by atoms with Crippen LogP contribution < -0.4 is 10.1 Å². The summed E-state index contributed by atoms with van der Waals surface area (Å²) < 4.78 is 10.6. The zero-order valence-corrected chi connectivity index (χ0v) is 16.4. The minimum absolute atomic E-state index is 0.0365. The number of ether oxygens (including phenoxy) is 1. The molecule has 1 unspecified atom stereocenters. The first-order valence-electron chi connectivity index (χ1n) is 9.42. The molecule has 2 aromatic rings. The molecule has 1 N–H and O–H groups in total. The standard InChI is InChI=1S/C20H27N5O3/c1-4-9-21-20(26)15(2)25-12-10-24(11-13-25)14-18-22-19(23-28-18)16-5-7-17(27-3)8-6-16/h4-8,15H,1,9-14H2,2-3H3,(H,21,26). The number of hydrogen-bond donors (Lipinski definition) is 1. The molecule has 8 heteroatoms. The van der Waals surface area contributed by atoms with Crippen LogP contribution in [0.4, 0.5) is 0 Å². The Hall–Kier alpha value is -2.71. The zero-order valence-electron chi connectivity index (χ0n) is 16.4. The second-order valence-electron chi connectivity index (χ2n) is 6.76. The van der Waals surface area contributed by atoms with Crippen LogP contribution in [0.1, 0.15) is 12.8 Å². The SMILES string of the molecule is C=CCNC(=O)C(C)N1CCN(Cc2nc(-c3ccc(OC)cc3)no2)CC1. The van der Waals surface area contributed by atoms with Crippen LogP contribution in [0.2, 0.25) is 0 Å². The number of piperazine rings is 1. The van der Waals surface area contributed by atoms with E-state index in [0.717, 1.165) is 37.5 Å². The third-order valence-electron chi connectivity index (χ3n) is 4.93.